The zero-order chi connectivity index (χ0) is 44.2. The van der Waals surface area contributed by atoms with Gasteiger partial charge < -0.3 is 62.8 Å². The van der Waals surface area contributed by atoms with E-state index in [2.05, 4.69) is 13.2 Å². The van der Waals surface area contributed by atoms with Gasteiger partial charge >= 0.3 is 64.8 Å². The van der Waals surface area contributed by atoms with Gasteiger partial charge in [0.15, 0.2) is 19.0 Å². The normalized spacial score (nSPS) is 35.5. The number of hydrogen-bond acceptors (Lipinski definition) is 16. The minimum absolute atomic E-state index is 0. The van der Waals surface area contributed by atoms with Crippen LogP contribution in [0.3, 0.4) is 0 Å². The van der Waals surface area contributed by atoms with Crippen molar-refractivity contribution in [3.63, 3.8) is 0 Å². The standard InChI is InChI=1S/C23H32O8.C22H28O8.CH3.ClH.Mg/c1-5-23(8-6-7-9-23)31-21(26)16-13-10-14-17(16)22(4,27)30-19(14)18(13)29-15(24)11-28-20(25)12(2)3;1-4-22(7-5-6-8-22)30-21(26)16-13-9-12-15(16)20(25)29-18(12)17(13)28-14(23)10-27-19(24)11(2)3;;;/h13-14,16-19,27H,2,5-11H2,1,3-4H3;12-13,15-18H,2,4-10H2,1,3H3;1H3;1H;/q;;-1;;+2/p-1. The molecule has 2 aliphatic heterocycles. The fourth-order valence-corrected chi connectivity index (χ4v) is 12.0. The van der Waals surface area contributed by atoms with Crippen LogP contribution >= 0.6 is 0 Å². The molecular weight excluding hydrogens is 868 g/mol. The molecule has 16 nitrogen and oxygen atoms in total. The molecule has 18 heteroatoms. The molecule has 8 rings (SSSR count). The molecule has 0 aromatic heterocycles. The summed E-state index contributed by atoms with van der Waals surface area (Å²) >= 11 is 0. The third-order valence-electron chi connectivity index (χ3n) is 14.9. The number of halogens is 1. The Labute approximate surface area is 397 Å². The van der Waals surface area contributed by atoms with Crippen molar-refractivity contribution in [1.29, 1.82) is 0 Å². The summed E-state index contributed by atoms with van der Waals surface area (Å²) in [4.78, 5) is 86.6. The summed E-state index contributed by atoms with van der Waals surface area (Å²) in [6.07, 6.45) is 7.71. The van der Waals surface area contributed by atoms with Crippen LogP contribution in [0.2, 0.25) is 0 Å². The third-order valence-corrected chi connectivity index (χ3v) is 14.9. The molecule has 6 saturated carbocycles. The van der Waals surface area contributed by atoms with Crippen LogP contribution < -0.4 is 12.4 Å². The summed E-state index contributed by atoms with van der Waals surface area (Å²) in [5.41, 5.74) is -0.531. The topological polar surface area (TPSA) is 214 Å². The summed E-state index contributed by atoms with van der Waals surface area (Å²) < 4.78 is 44.2. The van der Waals surface area contributed by atoms with Gasteiger partial charge in [-0.05, 0) is 104 Å². The van der Waals surface area contributed by atoms with Crippen LogP contribution in [0.5, 0.6) is 0 Å². The molecule has 2 saturated heterocycles. The number of carbonyl (C=O) groups excluding carboxylic acids is 7. The van der Waals surface area contributed by atoms with Crippen LogP contribution in [-0.2, 0) is 71.5 Å². The van der Waals surface area contributed by atoms with Crippen LogP contribution in [-0.4, -0.2) is 125 Å². The first-order valence-electron chi connectivity index (χ1n) is 22.0. The minimum Gasteiger partial charge on any atom is -1.00 e. The molecule has 6 aliphatic carbocycles. The summed E-state index contributed by atoms with van der Waals surface area (Å²) in [6.45, 7) is 14.4. The van der Waals surface area contributed by atoms with Gasteiger partial charge in [-0.1, -0.05) is 27.0 Å². The maximum absolute atomic E-state index is 13.3. The zero-order valence-corrected chi connectivity index (χ0v) is 40.1. The molecule has 352 valence electrons. The summed E-state index contributed by atoms with van der Waals surface area (Å²) in [5.74, 6) is -8.49. The van der Waals surface area contributed by atoms with Crippen molar-refractivity contribution in [2.45, 2.75) is 153 Å². The smallest absolute Gasteiger partial charge is 1.00 e. The van der Waals surface area contributed by atoms with E-state index in [0.717, 1.165) is 64.2 Å². The van der Waals surface area contributed by atoms with Crippen molar-refractivity contribution < 1.29 is 89.0 Å². The van der Waals surface area contributed by atoms with Gasteiger partial charge in [0, 0.05) is 34.8 Å². The molecule has 64 heavy (non-hydrogen) atoms. The SMILES string of the molecule is C=C(C)C(=O)OCC(=O)OC1C2CC3C1OC(=O)C3C2C(=O)OC1(CC)CCCC1.C=C(C)C(=O)OCC(=O)OC1C2CC3C1OC(C)(O)C3C2C(=O)OC1(CC)CCCC1.[CH3-].[Cl-].[Mg+2]. The third kappa shape index (κ3) is 10.0. The van der Waals surface area contributed by atoms with E-state index in [1.165, 1.54) is 13.8 Å². The molecule has 13 unspecified atom stereocenters. The number of hydrogen-bond donors (Lipinski definition) is 1. The summed E-state index contributed by atoms with van der Waals surface area (Å²) in [6, 6.07) is 0. The quantitative estimate of drug-likeness (QED) is 0.0858. The Hall–Kier alpha value is -3.25. The maximum atomic E-state index is 13.3. The Kier molecular flexibility index (Phi) is 17.3. The predicted molar refractivity (Wildman–Crippen MR) is 221 cm³/mol. The van der Waals surface area contributed by atoms with Crippen LogP contribution in [0, 0.1) is 54.8 Å². The number of ether oxygens (including phenoxy) is 8. The van der Waals surface area contributed by atoms with Crippen LogP contribution in [0.4, 0.5) is 0 Å². The van der Waals surface area contributed by atoms with Gasteiger partial charge in [0.2, 0.25) is 0 Å². The molecule has 0 spiro atoms. The van der Waals surface area contributed by atoms with E-state index in [-0.39, 0.29) is 95.6 Å². The van der Waals surface area contributed by atoms with Crippen molar-refractivity contribution in [2.24, 2.45) is 47.3 Å². The van der Waals surface area contributed by atoms with Crippen LogP contribution in [0.25, 0.3) is 0 Å². The average molecular weight is 932 g/mol. The van der Waals surface area contributed by atoms with Gasteiger partial charge in [0.05, 0.1) is 17.8 Å². The van der Waals surface area contributed by atoms with E-state index >= 15 is 0 Å². The first-order chi connectivity index (χ1) is 28.8. The van der Waals surface area contributed by atoms with Gasteiger partial charge in [-0.15, -0.1) is 0 Å². The van der Waals surface area contributed by atoms with E-state index < -0.39 is 102 Å². The summed E-state index contributed by atoms with van der Waals surface area (Å²) in [5, 5.41) is 10.9. The van der Waals surface area contributed by atoms with Gasteiger partial charge in [-0.2, -0.15) is 0 Å². The van der Waals surface area contributed by atoms with E-state index in [1.54, 1.807) is 6.92 Å². The second-order valence-corrected chi connectivity index (χ2v) is 18.7. The first-order valence-corrected chi connectivity index (χ1v) is 22.0. The van der Waals surface area contributed by atoms with Gasteiger partial charge in [-0.3, -0.25) is 14.4 Å². The van der Waals surface area contributed by atoms with E-state index in [0.29, 0.717) is 12.8 Å². The van der Waals surface area contributed by atoms with Gasteiger partial charge in [0.1, 0.15) is 35.6 Å². The fourth-order valence-electron chi connectivity index (χ4n) is 12.0. The van der Waals surface area contributed by atoms with E-state index in [1.807, 2.05) is 13.8 Å². The largest absolute Gasteiger partial charge is 2.00 e. The Morgan fingerprint density at radius 2 is 1.12 bits per heavy atom. The molecule has 0 aromatic rings. The van der Waals surface area contributed by atoms with Crippen molar-refractivity contribution in [3.8, 4) is 0 Å². The molecule has 8 aliphatic rings. The monoisotopic (exact) mass is 930 g/mol. The van der Waals surface area contributed by atoms with Crippen molar-refractivity contribution in [3.05, 3.63) is 31.7 Å². The molecule has 1 N–H and O–H groups in total. The second-order valence-electron chi connectivity index (χ2n) is 18.7. The number of esters is 7. The second kappa shape index (κ2) is 20.7. The molecule has 4 bridgehead atoms. The van der Waals surface area contributed by atoms with Crippen molar-refractivity contribution in [1.82, 2.24) is 0 Å². The Morgan fingerprint density at radius 1 is 0.703 bits per heavy atom. The Bertz CT molecular complexity index is 1840. The molecule has 8 fully saturated rings. The number of fused-ring (bicyclic) bond motifs is 2. The molecule has 0 amide bonds. The molecule has 13 atom stereocenters. The zero-order valence-electron chi connectivity index (χ0n) is 37.9. The van der Waals surface area contributed by atoms with Gasteiger partial charge in [-0.25, -0.2) is 19.2 Å². The fraction of sp³-hybridized carbons (Fsp3) is 0.739. The minimum atomic E-state index is -1.49. The van der Waals surface area contributed by atoms with Crippen molar-refractivity contribution >= 4 is 64.8 Å². The molecular formula is C46H63ClMgO16. The van der Waals surface area contributed by atoms with Gasteiger partial charge in [0.25, 0.3) is 0 Å². The Morgan fingerprint density at radius 3 is 1.58 bits per heavy atom. The molecule has 2 heterocycles. The summed E-state index contributed by atoms with van der Waals surface area (Å²) in [7, 11) is 0. The van der Waals surface area contributed by atoms with E-state index in [9.17, 15) is 38.7 Å². The molecule has 0 aromatic carbocycles. The number of rotatable bonds is 14. The number of carbonyl (C=O) groups is 7. The maximum Gasteiger partial charge on any atom is 2.00 e. The van der Waals surface area contributed by atoms with Crippen molar-refractivity contribution in [2.75, 3.05) is 13.2 Å². The van der Waals surface area contributed by atoms with Crippen LogP contribution in [0.1, 0.15) is 112 Å². The van der Waals surface area contributed by atoms with Crippen LogP contribution in [0.15, 0.2) is 24.3 Å². The average Bonchev–Trinajstić information content (AvgIpc) is 4.08. The first kappa shape index (κ1) is 53.4. The predicted octanol–water partition coefficient (Wildman–Crippen LogP) is 1.44. The van der Waals surface area contributed by atoms with E-state index in [4.69, 9.17) is 37.9 Å². The Balaban J connectivity index is 0.000000268. The molecule has 0 radical (unpaired) electrons. The number of aliphatic hydroxyl groups is 1.